The third-order valence-corrected chi connectivity index (χ3v) is 3.76. The van der Waals surface area contributed by atoms with Crippen molar-refractivity contribution in [2.24, 2.45) is 0 Å². The summed E-state index contributed by atoms with van der Waals surface area (Å²) in [5.41, 5.74) is 1.27. The van der Waals surface area contributed by atoms with Crippen LogP contribution in [0.2, 0.25) is 0 Å². The summed E-state index contributed by atoms with van der Waals surface area (Å²) in [6.45, 7) is 6.28. The summed E-state index contributed by atoms with van der Waals surface area (Å²) in [6, 6.07) is 8.72. The molecule has 0 aliphatic heterocycles. The summed E-state index contributed by atoms with van der Waals surface area (Å²) in [6.07, 6.45) is 2.75. The topological polar surface area (TPSA) is 29.1 Å². The second kappa shape index (κ2) is 8.20. The van der Waals surface area contributed by atoms with E-state index < -0.39 is 0 Å². The van der Waals surface area contributed by atoms with Crippen molar-refractivity contribution in [1.29, 1.82) is 0 Å². The molecule has 0 fully saturated rings. The van der Waals surface area contributed by atoms with Gasteiger partial charge in [-0.25, -0.2) is 0 Å². The molecular formula is C15H23NOS. The Morgan fingerprint density at radius 3 is 2.61 bits per heavy atom. The highest BCUT2D eigenvalue weighted by Gasteiger charge is 2.06. The van der Waals surface area contributed by atoms with Gasteiger partial charge in [0.25, 0.3) is 0 Å². The Labute approximate surface area is 115 Å². The summed E-state index contributed by atoms with van der Waals surface area (Å²) < 4.78 is 0. The monoisotopic (exact) mass is 265 g/mol. The van der Waals surface area contributed by atoms with Gasteiger partial charge in [-0.2, -0.15) is 0 Å². The number of hydrogen-bond donors (Lipinski definition) is 1. The normalized spacial score (nSPS) is 12.2. The highest BCUT2D eigenvalue weighted by atomic mass is 32.2. The zero-order valence-electron chi connectivity index (χ0n) is 11.5. The first kappa shape index (κ1) is 15.1. The lowest BCUT2D eigenvalue weighted by atomic mass is 10.2. The van der Waals surface area contributed by atoms with E-state index in [9.17, 15) is 4.79 Å². The van der Waals surface area contributed by atoms with Crippen LogP contribution in [0.3, 0.4) is 0 Å². The number of hydrogen-bond acceptors (Lipinski definition) is 2. The molecule has 1 amide bonds. The van der Waals surface area contributed by atoms with E-state index in [0.29, 0.717) is 12.5 Å². The van der Waals surface area contributed by atoms with Crippen molar-refractivity contribution in [2.75, 3.05) is 5.75 Å². The van der Waals surface area contributed by atoms with Crippen LogP contribution >= 0.6 is 11.8 Å². The molecule has 0 aliphatic rings. The second-order valence-corrected chi connectivity index (χ2v) is 5.84. The minimum absolute atomic E-state index is 0.163. The summed E-state index contributed by atoms with van der Waals surface area (Å²) in [5.74, 6) is 1.00. The lowest BCUT2D eigenvalue weighted by molar-refractivity contribution is -0.121. The highest BCUT2D eigenvalue weighted by Crippen LogP contribution is 2.18. The van der Waals surface area contributed by atoms with Gasteiger partial charge in [0.05, 0.1) is 0 Å². The first-order valence-electron chi connectivity index (χ1n) is 6.60. The number of amides is 1. The van der Waals surface area contributed by atoms with Gasteiger partial charge < -0.3 is 5.32 Å². The van der Waals surface area contributed by atoms with Gasteiger partial charge in [0.1, 0.15) is 0 Å². The third kappa shape index (κ3) is 6.10. The predicted octanol–water partition coefficient (Wildman–Crippen LogP) is 3.78. The quantitative estimate of drug-likeness (QED) is 0.760. The van der Waals surface area contributed by atoms with E-state index in [-0.39, 0.29) is 5.91 Å². The molecule has 2 nitrogen and oxygen atoms in total. The summed E-state index contributed by atoms with van der Waals surface area (Å²) >= 11 is 1.74. The van der Waals surface area contributed by atoms with Crippen molar-refractivity contribution in [3.8, 4) is 0 Å². The molecule has 0 aromatic heterocycles. The smallest absolute Gasteiger partial charge is 0.221 e. The van der Waals surface area contributed by atoms with Crippen molar-refractivity contribution in [1.82, 2.24) is 5.32 Å². The fraction of sp³-hybridized carbons (Fsp3) is 0.533. The average molecular weight is 265 g/mol. The maximum Gasteiger partial charge on any atom is 0.221 e. The van der Waals surface area contributed by atoms with E-state index in [1.807, 2.05) is 0 Å². The number of thioether (sulfide) groups is 1. The molecule has 0 unspecified atom stereocenters. The lowest BCUT2D eigenvalue weighted by Crippen LogP contribution is -2.32. The minimum atomic E-state index is 0.163. The van der Waals surface area contributed by atoms with Gasteiger partial charge in [0, 0.05) is 23.1 Å². The SMILES string of the molecule is CCC[C@H](C)NC(=O)CCSc1ccc(C)cc1. The Morgan fingerprint density at radius 1 is 1.33 bits per heavy atom. The van der Waals surface area contributed by atoms with Gasteiger partial charge in [-0.1, -0.05) is 31.0 Å². The fourth-order valence-corrected chi connectivity index (χ4v) is 2.60. The van der Waals surface area contributed by atoms with Gasteiger partial charge in [-0.15, -0.1) is 11.8 Å². The van der Waals surface area contributed by atoms with Gasteiger partial charge in [0.15, 0.2) is 0 Å². The van der Waals surface area contributed by atoms with E-state index in [2.05, 4.69) is 50.4 Å². The second-order valence-electron chi connectivity index (χ2n) is 4.67. The van der Waals surface area contributed by atoms with Crippen molar-refractivity contribution in [2.45, 2.75) is 51.0 Å². The minimum Gasteiger partial charge on any atom is -0.354 e. The molecule has 1 atom stereocenters. The molecule has 0 saturated heterocycles. The van der Waals surface area contributed by atoms with Crippen LogP contribution in [-0.4, -0.2) is 17.7 Å². The van der Waals surface area contributed by atoms with Crippen molar-refractivity contribution in [3.05, 3.63) is 29.8 Å². The van der Waals surface area contributed by atoms with Crippen molar-refractivity contribution in [3.63, 3.8) is 0 Å². The van der Waals surface area contributed by atoms with Crippen LogP contribution in [0.4, 0.5) is 0 Å². The largest absolute Gasteiger partial charge is 0.354 e. The van der Waals surface area contributed by atoms with E-state index in [0.717, 1.165) is 18.6 Å². The first-order valence-corrected chi connectivity index (χ1v) is 7.59. The molecule has 0 bridgehead atoms. The Bertz CT molecular complexity index is 361. The third-order valence-electron chi connectivity index (χ3n) is 2.75. The van der Waals surface area contributed by atoms with Crippen molar-refractivity contribution >= 4 is 17.7 Å². The Hall–Kier alpha value is -0.960. The van der Waals surface area contributed by atoms with Gasteiger partial charge in [-0.05, 0) is 32.4 Å². The molecule has 0 aliphatic carbocycles. The van der Waals surface area contributed by atoms with Gasteiger partial charge in [0.2, 0.25) is 5.91 Å². The zero-order valence-corrected chi connectivity index (χ0v) is 12.3. The van der Waals surface area contributed by atoms with Gasteiger partial charge in [-0.3, -0.25) is 4.79 Å². The number of benzene rings is 1. The standard InChI is InChI=1S/C15H23NOS/c1-4-5-13(3)16-15(17)10-11-18-14-8-6-12(2)7-9-14/h6-9,13H,4-5,10-11H2,1-3H3,(H,16,17)/t13-/m0/s1. The molecule has 100 valence electrons. The molecule has 0 spiro atoms. The number of nitrogens with one attached hydrogen (secondary N) is 1. The average Bonchev–Trinajstić information content (AvgIpc) is 2.32. The number of carbonyl (C=O) groups excluding carboxylic acids is 1. The van der Waals surface area contributed by atoms with Gasteiger partial charge >= 0.3 is 0 Å². The summed E-state index contributed by atoms with van der Waals surface area (Å²) in [7, 11) is 0. The van der Waals surface area contributed by atoms with Crippen LogP contribution in [0.1, 0.15) is 38.7 Å². The predicted molar refractivity (Wildman–Crippen MR) is 79.0 cm³/mol. The first-order chi connectivity index (χ1) is 8.61. The zero-order chi connectivity index (χ0) is 13.4. The maximum absolute atomic E-state index is 11.6. The maximum atomic E-state index is 11.6. The summed E-state index contributed by atoms with van der Waals surface area (Å²) in [5, 5.41) is 3.02. The van der Waals surface area contributed by atoms with E-state index >= 15 is 0 Å². The molecule has 18 heavy (non-hydrogen) atoms. The number of aryl methyl sites for hydroxylation is 1. The fourth-order valence-electron chi connectivity index (χ4n) is 1.75. The van der Waals surface area contributed by atoms with Crippen LogP contribution in [0.5, 0.6) is 0 Å². The van der Waals surface area contributed by atoms with Crippen LogP contribution < -0.4 is 5.32 Å². The van der Waals surface area contributed by atoms with Crippen LogP contribution in [-0.2, 0) is 4.79 Å². The Morgan fingerprint density at radius 2 is 2.00 bits per heavy atom. The van der Waals surface area contributed by atoms with E-state index in [1.165, 1.54) is 10.5 Å². The van der Waals surface area contributed by atoms with Crippen LogP contribution in [0.25, 0.3) is 0 Å². The molecule has 1 N–H and O–H groups in total. The van der Waals surface area contributed by atoms with E-state index in [1.54, 1.807) is 11.8 Å². The molecule has 0 radical (unpaired) electrons. The number of rotatable bonds is 7. The lowest BCUT2D eigenvalue weighted by Gasteiger charge is -2.12. The molecule has 1 rings (SSSR count). The molecule has 1 aromatic carbocycles. The molecule has 3 heteroatoms. The highest BCUT2D eigenvalue weighted by molar-refractivity contribution is 7.99. The van der Waals surface area contributed by atoms with Crippen LogP contribution in [0, 0.1) is 6.92 Å². The molecular weight excluding hydrogens is 242 g/mol. The Kier molecular flexibility index (Phi) is 6.88. The van der Waals surface area contributed by atoms with E-state index in [4.69, 9.17) is 0 Å². The van der Waals surface area contributed by atoms with Crippen LogP contribution in [0.15, 0.2) is 29.2 Å². The molecule has 0 heterocycles. The van der Waals surface area contributed by atoms with Crippen molar-refractivity contribution < 1.29 is 4.79 Å². The summed E-state index contributed by atoms with van der Waals surface area (Å²) in [4.78, 5) is 12.9. The molecule has 1 aromatic rings. The molecule has 0 saturated carbocycles. The Balaban J connectivity index is 2.21. The number of carbonyl (C=O) groups is 1.